The van der Waals surface area contributed by atoms with Crippen LogP contribution in [-0.4, -0.2) is 17.3 Å². The fourth-order valence-corrected chi connectivity index (χ4v) is 3.07. The Balaban J connectivity index is 2.12. The third-order valence-electron chi connectivity index (χ3n) is 3.19. The molecule has 1 saturated carbocycles. The monoisotopic (exact) mass is 333 g/mol. The molecule has 1 aliphatic rings. The highest BCUT2D eigenvalue weighted by Gasteiger charge is 2.26. The molecule has 1 amide bonds. The Hall–Kier alpha value is -0.610. The quantitative estimate of drug-likeness (QED) is 0.817. The Morgan fingerprint density at radius 1 is 1.39 bits per heavy atom. The van der Waals surface area contributed by atoms with Crippen molar-refractivity contribution in [2.24, 2.45) is 0 Å². The topological polar surface area (TPSA) is 29.1 Å². The van der Waals surface area contributed by atoms with E-state index in [0.29, 0.717) is 4.47 Å². The first kappa shape index (κ1) is 13.8. The molecule has 98 valence electrons. The molecule has 2 rings (SSSR count). The highest BCUT2D eigenvalue weighted by molar-refractivity contribution is 9.10. The van der Waals surface area contributed by atoms with E-state index in [1.165, 1.54) is 6.07 Å². The number of carbonyl (C=O) groups excluding carboxylic acids is 1. The first-order chi connectivity index (χ1) is 8.59. The molecule has 1 N–H and O–H groups in total. The minimum Gasteiger partial charge on any atom is -0.348 e. The van der Waals surface area contributed by atoms with Crippen LogP contribution in [0, 0.1) is 5.82 Å². The second-order valence-corrected chi connectivity index (χ2v) is 5.89. The summed E-state index contributed by atoms with van der Waals surface area (Å²) in [5, 5.41) is 2.76. The maximum absolute atomic E-state index is 13.6. The molecule has 1 aliphatic carbocycles. The number of nitrogens with one attached hydrogen (secondary N) is 1. The van der Waals surface area contributed by atoms with Crippen molar-refractivity contribution >= 4 is 33.4 Å². The van der Waals surface area contributed by atoms with Gasteiger partial charge in [-0.15, -0.1) is 11.6 Å². The normalized spacial score (nSPS) is 23.7. The van der Waals surface area contributed by atoms with Crippen molar-refractivity contribution in [1.29, 1.82) is 0 Å². The zero-order valence-electron chi connectivity index (χ0n) is 9.76. The predicted molar refractivity (Wildman–Crippen MR) is 73.5 cm³/mol. The molecule has 0 spiro atoms. The third-order valence-corrected chi connectivity index (χ3v) is 4.37. The molecule has 1 aromatic rings. The first-order valence-electron chi connectivity index (χ1n) is 5.98. The summed E-state index contributed by atoms with van der Waals surface area (Å²) in [6.07, 6.45) is 3.88. The second-order valence-electron chi connectivity index (χ2n) is 4.48. The summed E-state index contributed by atoms with van der Waals surface area (Å²) in [4.78, 5) is 12.1. The van der Waals surface area contributed by atoms with E-state index in [0.717, 1.165) is 25.7 Å². The van der Waals surface area contributed by atoms with Gasteiger partial charge in [0.2, 0.25) is 0 Å². The Labute approximate surface area is 119 Å². The standard InChI is InChI=1S/C13H14BrClFNO/c14-8-4-3-6-10(16)12(8)13(18)17-11-7-2-1-5-9(11)15/h3-4,6,9,11H,1-2,5,7H2,(H,17,18). The minimum absolute atomic E-state index is 0.0481. The summed E-state index contributed by atoms with van der Waals surface area (Å²) in [7, 11) is 0. The van der Waals surface area contributed by atoms with Crippen LogP contribution >= 0.6 is 27.5 Å². The van der Waals surface area contributed by atoms with E-state index in [-0.39, 0.29) is 17.0 Å². The lowest BCUT2D eigenvalue weighted by atomic mass is 9.94. The first-order valence-corrected chi connectivity index (χ1v) is 7.21. The molecular weight excluding hydrogens is 321 g/mol. The lowest BCUT2D eigenvalue weighted by Gasteiger charge is -2.28. The summed E-state index contributed by atoms with van der Waals surface area (Å²) in [6.45, 7) is 0. The van der Waals surface area contributed by atoms with Crippen LogP contribution in [0.15, 0.2) is 22.7 Å². The van der Waals surface area contributed by atoms with E-state index in [1.54, 1.807) is 12.1 Å². The molecule has 0 aliphatic heterocycles. The van der Waals surface area contributed by atoms with Crippen molar-refractivity contribution in [3.05, 3.63) is 34.1 Å². The van der Waals surface area contributed by atoms with Crippen LogP contribution in [0.2, 0.25) is 0 Å². The van der Waals surface area contributed by atoms with Gasteiger partial charge in [0, 0.05) is 10.5 Å². The van der Waals surface area contributed by atoms with Gasteiger partial charge in [-0.3, -0.25) is 4.79 Å². The average Bonchev–Trinajstić information content (AvgIpc) is 2.32. The van der Waals surface area contributed by atoms with Gasteiger partial charge in [0.15, 0.2) is 0 Å². The molecule has 5 heteroatoms. The Morgan fingerprint density at radius 2 is 2.11 bits per heavy atom. The van der Waals surface area contributed by atoms with Gasteiger partial charge >= 0.3 is 0 Å². The predicted octanol–water partition coefficient (Wildman–Crippen LogP) is 3.87. The Morgan fingerprint density at radius 3 is 2.78 bits per heavy atom. The fraction of sp³-hybridized carbons (Fsp3) is 0.462. The summed E-state index contributed by atoms with van der Waals surface area (Å²) < 4.78 is 14.1. The van der Waals surface area contributed by atoms with E-state index in [4.69, 9.17) is 11.6 Å². The minimum atomic E-state index is -0.524. The van der Waals surface area contributed by atoms with E-state index >= 15 is 0 Å². The number of halogens is 3. The van der Waals surface area contributed by atoms with Crippen LogP contribution in [0.3, 0.4) is 0 Å². The molecule has 1 fully saturated rings. The van der Waals surface area contributed by atoms with Crippen molar-refractivity contribution in [2.75, 3.05) is 0 Å². The third kappa shape index (κ3) is 3.04. The summed E-state index contributed by atoms with van der Waals surface area (Å²) in [6, 6.07) is 4.41. The molecular formula is C13H14BrClFNO. The maximum Gasteiger partial charge on any atom is 0.255 e. The van der Waals surface area contributed by atoms with Crippen LogP contribution in [0.4, 0.5) is 4.39 Å². The molecule has 2 atom stereocenters. The lowest BCUT2D eigenvalue weighted by Crippen LogP contribution is -2.43. The molecule has 0 heterocycles. The van der Waals surface area contributed by atoms with E-state index in [9.17, 15) is 9.18 Å². The number of rotatable bonds is 2. The zero-order valence-corrected chi connectivity index (χ0v) is 12.1. The number of hydrogen-bond acceptors (Lipinski definition) is 1. The molecule has 0 radical (unpaired) electrons. The van der Waals surface area contributed by atoms with Gasteiger partial charge in [-0.1, -0.05) is 18.9 Å². The largest absolute Gasteiger partial charge is 0.348 e. The fourth-order valence-electron chi connectivity index (χ4n) is 2.20. The number of benzene rings is 1. The summed E-state index contributed by atoms with van der Waals surface area (Å²) in [5.41, 5.74) is 0.0481. The van der Waals surface area contributed by atoms with Crippen molar-refractivity contribution < 1.29 is 9.18 Å². The summed E-state index contributed by atoms with van der Waals surface area (Å²) >= 11 is 9.37. The molecule has 0 aromatic heterocycles. The summed E-state index contributed by atoms with van der Waals surface area (Å²) in [5.74, 6) is -0.929. The SMILES string of the molecule is O=C(NC1CCCCC1Cl)c1c(F)cccc1Br. The molecule has 18 heavy (non-hydrogen) atoms. The van der Waals surface area contributed by atoms with Gasteiger partial charge in [0.05, 0.1) is 10.9 Å². The molecule has 1 aromatic carbocycles. The zero-order chi connectivity index (χ0) is 13.1. The van der Waals surface area contributed by atoms with Gasteiger partial charge in [-0.05, 0) is 40.9 Å². The molecule has 0 saturated heterocycles. The van der Waals surface area contributed by atoms with Gasteiger partial charge in [-0.2, -0.15) is 0 Å². The smallest absolute Gasteiger partial charge is 0.255 e. The van der Waals surface area contributed by atoms with E-state index < -0.39 is 11.7 Å². The number of alkyl halides is 1. The maximum atomic E-state index is 13.6. The van der Waals surface area contributed by atoms with Crippen LogP contribution in [-0.2, 0) is 0 Å². The number of hydrogen-bond donors (Lipinski definition) is 1. The average molecular weight is 335 g/mol. The van der Waals surface area contributed by atoms with Crippen molar-refractivity contribution in [2.45, 2.75) is 37.1 Å². The molecule has 0 bridgehead atoms. The van der Waals surface area contributed by atoms with Crippen molar-refractivity contribution in [3.63, 3.8) is 0 Å². The van der Waals surface area contributed by atoms with Gasteiger partial charge in [-0.25, -0.2) is 4.39 Å². The van der Waals surface area contributed by atoms with E-state index in [2.05, 4.69) is 21.2 Å². The highest BCUT2D eigenvalue weighted by Crippen LogP contribution is 2.25. The number of amides is 1. The van der Waals surface area contributed by atoms with Crippen molar-refractivity contribution in [1.82, 2.24) is 5.32 Å². The van der Waals surface area contributed by atoms with Gasteiger partial charge in [0.1, 0.15) is 5.82 Å². The number of carbonyl (C=O) groups is 1. The van der Waals surface area contributed by atoms with Crippen LogP contribution < -0.4 is 5.32 Å². The van der Waals surface area contributed by atoms with E-state index in [1.807, 2.05) is 0 Å². The lowest BCUT2D eigenvalue weighted by molar-refractivity contribution is 0.0923. The molecule has 2 unspecified atom stereocenters. The van der Waals surface area contributed by atoms with Crippen LogP contribution in [0.25, 0.3) is 0 Å². The van der Waals surface area contributed by atoms with Gasteiger partial charge in [0.25, 0.3) is 5.91 Å². The molecule has 2 nitrogen and oxygen atoms in total. The highest BCUT2D eigenvalue weighted by atomic mass is 79.9. The van der Waals surface area contributed by atoms with Crippen LogP contribution in [0.5, 0.6) is 0 Å². The Bertz CT molecular complexity index is 434. The Kier molecular flexibility index (Phi) is 4.62. The van der Waals surface area contributed by atoms with Crippen molar-refractivity contribution in [3.8, 4) is 0 Å². The van der Waals surface area contributed by atoms with Crippen LogP contribution in [0.1, 0.15) is 36.0 Å². The second kappa shape index (κ2) is 6.02. The van der Waals surface area contributed by atoms with Gasteiger partial charge < -0.3 is 5.32 Å².